The monoisotopic (exact) mass is 436 g/mol. The van der Waals surface area contributed by atoms with Gasteiger partial charge in [0.15, 0.2) is 6.61 Å². The highest BCUT2D eigenvalue weighted by molar-refractivity contribution is 6.33. The van der Waals surface area contributed by atoms with E-state index in [-0.39, 0.29) is 22.7 Å². The van der Waals surface area contributed by atoms with Crippen LogP contribution in [0.5, 0.6) is 5.75 Å². The van der Waals surface area contributed by atoms with Crippen molar-refractivity contribution >= 4 is 39.7 Å². The van der Waals surface area contributed by atoms with Crippen molar-refractivity contribution in [3.63, 3.8) is 0 Å². The van der Waals surface area contributed by atoms with E-state index in [0.717, 1.165) is 22.0 Å². The van der Waals surface area contributed by atoms with E-state index in [4.69, 9.17) is 16.3 Å². The van der Waals surface area contributed by atoms with Gasteiger partial charge in [0.1, 0.15) is 5.75 Å². The van der Waals surface area contributed by atoms with Gasteiger partial charge in [0.2, 0.25) is 5.91 Å². The molecular weight excluding hydrogens is 417 g/mol. The van der Waals surface area contributed by atoms with Crippen LogP contribution in [0.2, 0.25) is 5.02 Å². The average molecular weight is 437 g/mol. The first-order valence-electron chi connectivity index (χ1n) is 9.18. The summed E-state index contributed by atoms with van der Waals surface area (Å²) >= 11 is 6.19. The third-order valence-electron chi connectivity index (χ3n) is 4.41. The topological polar surface area (TPSA) is 50.4 Å². The number of carbonyl (C=O) groups is 1. The van der Waals surface area contributed by atoms with Crippen LogP contribution in [-0.2, 0) is 4.79 Å². The molecule has 0 radical (unpaired) electrons. The largest absolute Gasteiger partial charge is 0.484 e. The molecule has 1 unspecified atom stereocenters. The minimum Gasteiger partial charge on any atom is -0.484 e. The first-order valence-corrected chi connectivity index (χ1v) is 9.55. The fraction of sp³-hybridized carbons (Fsp3) is 0.227. The number of rotatable bonds is 6. The number of hydrogen-bond donors (Lipinski definition) is 2. The van der Waals surface area contributed by atoms with Crippen LogP contribution in [0.25, 0.3) is 10.8 Å². The summed E-state index contributed by atoms with van der Waals surface area (Å²) in [4.78, 5) is 11.3. The van der Waals surface area contributed by atoms with Crippen LogP contribution in [0, 0.1) is 0 Å². The van der Waals surface area contributed by atoms with Crippen LogP contribution in [0.3, 0.4) is 0 Å². The lowest BCUT2D eigenvalue weighted by Crippen LogP contribution is -2.23. The van der Waals surface area contributed by atoms with Crippen molar-refractivity contribution in [3.05, 3.63) is 65.2 Å². The number of ether oxygens (including phenoxy) is 1. The lowest BCUT2D eigenvalue weighted by atomic mass is 10.0. The van der Waals surface area contributed by atoms with Gasteiger partial charge in [-0.15, -0.1) is 0 Å². The summed E-state index contributed by atoms with van der Waals surface area (Å²) in [6, 6.07) is 15.9. The van der Waals surface area contributed by atoms with E-state index in [1.807, 2.05) is 43.3 Å². The standard InChI is InChI=1S/C22H20ClF3N2O2/c1-13(27-14(2)29)15-3-4-17-10-18(6-5-16(17)9-15)28-21-8-7-19(11-20(21)23)30-12-22(24,25)26/h3-11,13,28H,12H2,1-2H3,(H,27,29). The van der Waals surface area contributed by atoms with E-state index in [0.29, 0.717) is 5.69 Å². The molecule has 4 nitrogen and oxygen atoms in total. The highest BCUT2D eigenvalue weighted by Gasteiger charge is 2.28. The Kier molecular flexibility index (Phi) is 6.41. The third kappa shape index (κ3) is 5.79. The summed E-state index contributed by atoms with van der Waals surface area (Å²) < 4.78 is 41.5. The van der Waals surface area contributed by atoms with Crippen molar-refractivity contribution in [2.75, 3.05) is 11.9 Å². The molecule has 8 heteroatoms. The molecule has 158 valence electrons. The SMILES string of the molecule is CC(=O)NC(C)c1ccc2cc(Nc3ccc(OCC(F)(F)F)cc3Cl)ccc2c1. The number of carbonyl (C=O) groups excluding carboxylic acids is 1. The lowest BCUT2D eigenvalue weighted by Gasteiger charge is -2.15. The maximum Gasteiger partial charge on any atom is 0.422 e. The van der Waals surface area contributed by atoms with Crippen molar-refractivity contribution < 1.29 is 22.7 Å². The van der Waals surface area contributed by atoms with Crippen LogP contribution in [-0.4, -0.2) is 18.7 Å². The Labute approximate surface area is 177 Å². The second kappa shape index (κ2) is 8.83. The normalized spacial score (nSPS) is 12.5. The Morgan fingerprint density at radius 2 is 1.77 bits per heavy atom. The molecule has 3 aromatic rings. The molecule has 0 heterocycles. The summed E-state index contributed by atoms with van der Waals surface area (Å²) in [5, 5.41) is 8.26. The Hall–Kier alpha value is -2.93. The number of amides is 1. The van der Waals surface area contributed by atoms with Crippen LogP contribution in [0.15, 0.2) is 54.6 Å². The first-order chi connectivity index (χ1) is 14.1. The van der Waals surface area contributed by atoms with E-state index in [2.05, 4.69) is 10.6 Å². The summed E-state index contributed by atoms with van der Waals surface area (Å²) in [6.45, 7) is 2.03. The molecule has 2 N–H and O–H groups in total. The number of alkyl halides is 3. The zero-order chi connectivity index (χ0) is 21.9. The van der Waals surface area contributed by atoms with Crippen molar-refractivity contribution in [2.24, 2.45) is 0 Å². The van der Waals surface area contributed by atoms with Gasteiger partial charge in [0.25, 0.3) is 0 Å². The molecule has 0 saturated heterocycles. The van der Waals surface area contributed by atoms with Crippen molar-refractivity contribution in [1.82, 2.24) is 5.32 Å². The van der Waals surface area contributed by atoms with Crippen molar-refractivity contribution in [2.45, 2.75) is 26.1 Å². The molecule has 0 saturated carbocycles. The highest BCUT2D eigenvalue weighted by Crippen LogP contribution is 2.31. The Morgan fingerprint density at radius 1 is 1.07 bits per heavy atom. The third-order valence-corrected chi connectivity index (χ3v) is 4.72. The molecule has 0 aromatic heterocycles. The van der Waals surface area contributed by atoms with Gasteiger partial charge in [0.05, 0.1) is 16.8 Å². The molecule has 0 bridgehead atoms. The predicted molar refractivity (Wildman–Crippen MR) is 112 cm³/mol. The predicted octanol–water partition coefficient (Wildman–Crippen LogP) is 6.38. The zero-order valence-electron chi connectivity index (χ0n) is 16.3. The quantitative estimate of drug-likeness (QED) is 0.471. The molecule has 30 heavy (non-hydrogen) atoms. The van der Waals surface area contributed by atoms with E-state index in [1.165, 1.54) is 19.1 Å². The van der Waals surface area contributed by atoms with E-state index >= 15 is 0 Å². The number of benzene rings is 3. The summed E-state index contributed by atoms with van der Waals surface area (Å²) in [6.07, 6.45) is -4.41. The van der Waals surface area contributed by atoms with Gasteiger partial charge >= 0.3 is 6.18 Å². The number of halogens is 4. The fourth-order valence-electron chi connectivity index (χ4n) is 3.01. The minimum atomic E-state index is -4.41. The molecule has 0 spiro atoms. The zero-order valence-corrected chi connectivity index (χ0v) is 17.1. The van der Waals surface area contributed by atoms with Crippen molar-refractivity contribution in [1.29, 1.82) is 0 Å². The highest BCUT2D eigenvalue weighted by atomic mass is 35.5. The summed E-state index contributed by atoms with van der Waals surface area (Å²) in [5.74, 6) is -0.0453. The van der Waals surface area contributed by atoms with Crippen molar-refractivity contribution in [3.8, 4) is 5.75 Å². The van der Waals surface area contributed by atoms with Crippen LogP contribution < -0.4 is 15.4 Å². The molecule has 0 aliphatic rings. The summed E-state index contributed by atoms with van der Waals surface area (Å²) in [5.41, 5.74) is 2.32. The molecule has 3 rings (SSSR count). The fourth-order valence-corrected chi connectivity index (χ4v) is 3.22. The molecule has 0 aliphatic heterocycles. The van der Waals surface area contributed by atoms with Gasteiger partial charge in [-0.1, -0.05) is 29.8 Å². The van der Waals surface area contributed by atoms with Gasteiger partial charge < -0.3 is 15.4 Å². The van der Waals surface area contributed by atoms with Gasteiger partial charge in [0, 0.05) is 18.7 Å². The average Bonchev–Trinajstić information content (AvgIpc) is 2.66. The number of anilines is 2. The molecule has 1 atom stereocenters. The molecule has 0 fully saturated rings. The second-order valence-corrected chi connectivity index (χ2v) is 7.32. The first kappa shape index (κ1) is 21.8. The Morgan fingerprint density at radius 3 is 2.43 bits per heavy atom. The lowest BCUT2D eigenvalue weighted by molar-refractivity contribution is -0.153. The van der Waals surface area contributed by atoms with Crippen LogP contribution >= 0.6 is 11.6 Å². The maximum absolute atomic E-state index is 12.3. The van der Waals surface area contributed by atoms with Gasteiger partial charge in [-0.2, -0.15) is 13.2 Å². The molecular formula is C22H20ClF3N2O2. The molecule has 3 aromatic carbocycles. The number of hydrogen-bond acceptors (Lipinski definition) is 3. The Balaban J connectivity index is 1.75. The minimum absolute atomic E-state index is 0.0437. The van der Waals surface area contributed by atoms with E-state index in [1.54, 1.807) is 6.07 Å². The van der Waals surface area contributed by atoms with Gasteiger partial charge in [-0.3, -0.25) is 4.79 Å². The maximum atomic E-state index is 12.3. The van der Waals surface area contributed by atoms with Gasteiger partial charge in [-0.25, -0.2) is 0 Å². The smallest absolute Gasteiger partial charge is 0.422 e. The molecule has 1 amide bonds. The summed E-state index contributed by atoms with van der Waals surface area (Å²) in [7, 11) is 0. The number of fused-ring (bicyclic) bond motifs is 1. The van der Waals surface area contributed by atoms with E-state index < -0.39 is 12.8 Å². The van der Waals surface area contributed by atoms with Crippen LogP contribution in [0.1, 0.15) is 25.5 Å². The molecule has 0 aliphatic carbocycles. The second-order valence-electron chi connectivity index (χ2n) is 6.91. The van der Waals surface area contributed by atoms with Crippen LogP contribution in [0.4, 0.5) is 24.5 Å². The van der Waals surface area contributed by atoms with Gasteiger partial charge in [-0.05, 0) is 53.6 Å². The Bertz CT molecular complexity index is 1070. The number of nitrogens with one attached hydrogen (secondary N) is 2. The van der Waals surface area contributed by atoms with E-state index in [9.17, 15) is 18.0 Å².